The molecule has 0 atom stereocenters. The zero-order valence-corrected chi connectivity index (χ0v) is 10.0. The summed E-state index contributed by atoms with van der Waals surface area (Å²) in [6.45, 7) is -0.317. The van der Waals surface area contributed by atoms with Gasteiger partial charge in [-0.2, -0.15) is 0 Å². The maximum absolute atomic E-state index is 13.5. The van der Waals surface area contributed by atoms with Crippen LogP contribution in [0.2, 0.25) is 0 Å². The summed E-state index contributed by atoms with van der Waals surface area (Å²) in [6.07, 6.45) is 0. The Hall–Kier alpha value is -2.84. The van der Waals surface area contributed by atoms with Gasteiger partial charge in [0, 0.05) is 5.56 Å². The number of hydrogen-bond acceptors (Lipinski definition) is 4. The molecule has 0 spiro atoms. The molecule has 2 rings (SSSR count). The van der Waals surface area contributed by atoms with Gasteiger partial charge in [0.1, 0.15) is 0 Å². The Labute approximate surface area is 111 Å². The fourth-order valence-corrected chi connectivity index (χ4v) is 1.67. The summed E-state index contributed by atoms with van der Waals surface area (Å²) in [5.41, 5.74) is 9.26. The van der Waals surface area contributed by atoms with E-state index in [1.807, 2.05) is 0 Å². The summed E-state index contributed by atoms with van der Waals surface area (Å²) in [4.78, 5) is 22.4. The first-order valence-electron chi connectivity index (χ1n) is 5.37. The van der Waals surface area contributed by atoms with E-state index in [-0.39, 0.29) is 17.8 Å². The second-order valence-electron chi connectivity index (χ2n) is 3.89. The van der Waals surface area contributed by atoms with Crippen LogP contribution in [-0.4, -0.2) is 26.8 Å². The number of amides is 2. The van der Waals surface area contributed by atoms with E-state index in [0.717, 1.165) is 10.7 Å². The van der Waals surface area contributed by atoms with E-state index < -0.39 is 29.1 Å². The van der Waals surface area contributed by atoms with E-state index >= 15 is 0 Å². The number of primary amides is 2. The SMILES string of the molecule is NC(=O)c1nnn(Cc2cccc(F)c2F)c1C(N)=O. The highest BCUT2D eigenvalue weighted by Gasteiger charge is 2.22. The average Bonchev–Trinajstić information content (AvgIpc) is 2.79. The van der Waals surface area contributed by atoms with Crippen molar-refractivity contribution in [2.24, 2.45) is 11.5 Å². The Morgan fingerprint density at radius 3 is 2.50 bits per heavy atom. The van der Waals surface area contributed by atoms with Crippen molar-refractivity contribution in [3.05, 3.63) is 46.8 Å². The zero-order valence-electron chi connectivity index (χ0n) is 10.0. The molecule has 1 aromatic heterocycles. The zero-order chi connectivity index (χ0) is 14.9. The lowest BCUT2D eigenvalue weighted by Gasteiger charge is -2.06. The molecule has 0 radical (unpaired) electrons. The van der Waals surface area contributed by atoms with E-state index in [2.05, 4.69) is 10.3 Å². The molecule has 2 amide bonds. The predicted molar refractivity (Wildman–Crippen MR) is 62.5 cm³/mol. The van der Waals surface area contributed by atoms with Crippen molar-refractivity contribution in [3.63, 3.8) is 0 Å². The molecule has 9 heteroatoms. The van der Waals surface area contributed by atoms with Crippen molar-refractivity contribution < 1.29 is 18.4 Å². The number of carbonyl (C=O) groups is 2. The van der Waals surface area contributed by atoms with Crippen LogP contribution in [-0.2, 0) is 6.54 Å². The highest BCUT2D eigenvalue weighted by atomic mass is 19.2. The Morgan fingerprint density at radius 1 is 1.20 bits per heavy atom. The Morgan fingerprint density at radius 2 is 1.90 bits per heavy atom. The summed E-state index contributed by atoms with van der Waals surface area (Å²) in [5, 5.41) is 6.91. The highest BCUT2D eigenvalue weighted by molar-refractivity contribution is 6.03. The van der Waals surface area contributed by atoms with Crippen molar-refractivity contribution >= 4 is 11.8 Å². The standard InChI is InChI=1S/C11H9F2N5O2/c12-6-3-1-2-5(7(6)13)4-18-9(11(15)20)8(10(14)19)16-17-18/h1-3H,4H2,(H2,14,19)(H2,15,20). The van der Waals surface area contributed by atoms with Gasteiger partial charge in [0.05, 0.1) is 6.54 Å². The normalized spacial score (nSPS) is 10.5. The fraction of sp³-hybridized carbons (Fsp3) is 0.0909. The Kier molecular flexibility index (Phi) is 3.42. The number of rotatable bonds is 4. The molecule has 7 nitrogen and oxygen atoms in total. The quantitative estimate of drug-likeness (QED) is 0.807. The molecule has 20 heavy (non-hydrogen) atoms. The third-order valence-electron chi connectivity index (χ3n) is 2.55. The maximum Gasteiger partial charge on any atom is 0.271 e. The molecular formula is C11H9F2N5O2. The van der Waals surface area contributed by atoms with Gasteiger partial charge >= 0.3 is 0 Å². The molecule has 0 fully saturated rings. The van der Waals surface area contributed by atoms with Crippen molar-refractivity contribution in [3.8, 4) is 0 Å². The Balaban J connectivity index is 2.47. The van der Waals surface area contributed by atoms with Crippen LogP contribution >= 0.6 is 0 Å². The number of benzene rings is 1. The number of aromatic nitrogens is 3. The van der Waals surface area contributed by atoms with Crippen LogP contribution < -0.4 is 11.5 Å². The van der Waals surface area contributed by atoms with Crippen molar-refractivity contribution in [1.82, 2.24) is 15.0 Å². The molecule has 0 aliphatic rings. The van der Waals surface area contributed by atoms with Gasteiger partial charge in [0.2, 0.25) is 0 Å². The first-order chi connectivity index (χ1) is 9.41. The molecule has 2 aromatic rings. The largest absolute Gasteiger partial charge is 0.364 e. The van der Waals surface area contributed by atoms with Crippen LogP contribution in [0.15, 0.2) is 18.2 Å². The van der Waals surface area contributed by atoms with Gasteiger partial charge in [-0.05, 0) is 6.07 Å². The molecule has 0 aliphatic carbocycles. The molecule has 0 unspecified atom stereocenters. The van der Waals surface area contributed by atoms with Crippen molar-refractivity contribution in [2.45, 2.75) is 6.54 Å². The van der Waals surface area contributed by atoms with Crippen LogP contribution in [0.1, 0.15) is 26.5 Å². The summed E-state index contributed by atoms with van der Waals surface area (Å²) >= 11 is 0. The van der Waals surface area contributed by atoms with Crippen LogP contribution in [0.5, 0.6) is 0 Å². The molecule has 104 valence electrons. The number of nitrogens with two attached hydrogens (primary N) is 2. The van der Waals surface area contributed by atoms with Gasteiger partial charge in [0.15, 0.2) is 23.0 Å². The molecule has 0 saturated heterocycles. The van der Waals surface area contributed by atoms with Crippen LogP contribution in [0.4, 0.5) is 8.78 Å². The third kappa shape index (κ3) is 2.32. The van der Waals surface area contributed by atoms with Gasteiger partial charge in [-0.25, -0.2) is 13.5 Å². The van der Waals surface area contributed by atoms with Gasteiger partial charge < -0.3 is 11.5 Å². The first kappa shape index (κ1) is 13.6. The smallest absolute Gasteiger partial charge is 0.271 e. The lowest BCUT2D eigenvalue weighted by atomic mass is 10.2. The maximum atomic E-state index is 13.5. The van der Waals surface area contributed by atoms with Gasteiger partial charge in [-0.3, -0.25) is 9.59 Å². The van der Waals surface area contributed by atoms with E-state index in [4.69, 9.17) is 11.5 Å². The molecular weight excluding hydrogens is 272 g/mol. The highest BCUT2D eigenvalue weighted by Crippen LogP contribution is 2.14. The van der Waals surface area contributed by atoms with E-state index in [0.29, 0.717) is 0 Å². The number of hydrogen-bond donors (Lipinski definition) is 2. The lowest BCUT2D eigenvalue weighted by molar-refractivity contribution is 0.0959. The van der Waals surface area contributed by atoms with Gasteiger partial charge in [0.25, 0.3) is 11.8 Å². The molecule has 1 aromatic carbocycles. The molecule has 0 bridgehead atoms. The third-order valence-corrected chi connectivity index (χ3v) is 2.55. The molecule has 0 aliphatic heterocycles. The summed E-state index contributed by atoms with van der Waals surface area (Å²) < 4.78 is 27.5. The first-order valence-corrected chi connectivity index (χ1v) is 5.37. The molecule has 0 saturated carbocycles. The number of carbonyl (C=O) groups excluding carboxylic acids is 2. The van der Waals surface area contributed by atoms with Crippen LogP contribution in [0.3, 0.4) is 0 Å². The van der Waals surface area contributed by atoms with Crippen LogP contribution in [0, 0.1) is 11.6 Å². The summed E-state index contributed by atoms with van der Waals surface area (Å²) in [7, 11) is 0. The minimum absolute atomic E-state index is 0.0755. The van der Waals surface area contributed by atoms with Crippen molar-refractivity contribution in [2.75, 3.05) is 0 Å². The summed E-state index contributed by atoms with van der Waals surface area (Å²) in [6, 6.07) is 3.54. The van der Waals surface area contributed by atoms with Crippen LogP contribution in [0.25, 0.3) is 0 Å². The Bertz CT molecular complexity index is 698. The minimum atomic E-state index is -1.08. The van der Waals surface area contributed by atoms with E-state index in [1.165, 1.54) is 12.1 Å². The second-order valence-corrected chi connectivity index (χ2v) is 3.89. The minimum Gasteiger partial charge on any atom is -0.364 e. The van der Waals surface area contributed by atoms with Crippen molar-refractivity contribution in [1.29, 1.82) is 0 Å². The van der Waals surface area contributed by atoms with E-state index in [1.54, 1.807) is 0 Å². The fourth-order valence-electron chi connectivity index (χ4n) is 1.67. The summed E-state index contributed by atoms with van der Waals surface area (Å²) in [5.74, 6) is -4.12. The predicted octanol–water partition coefficient (Wildman–Crippen LogP) is -0.198. The lowest BCUT2D eigenvalue weighted by Crippen LogP contribution is -2.24. The second kappa shape index (κ2) is 5.03. The number of halogens is 2. The monoisotopic (exact) mass is 281 g/mol. The van der Waals surface area contributed by atoms with Gasteiger partial charge in [-0.1, -0.05) is 17.3 Å². The van der Waals surface area contributed by atoms with Gasteiger partial charge in [-0.15, -0.1) is 5.10 Å². The van der Waals surface area contributed by atoms with E-state index in [9.17, 15) is 18.4 Å². The molecule has 4 N–H and O–H groups in total. The molecule has 1 heterocycles. The number of nitrogens with zero attached hydrogens (tertiary/aromatic N) is 3. The average molecular weight is 281 g/mol. The topological polar surface area (TPSA) is 117 Å².